The molecule has 0 aliphatic rings. The third kappa shape index (κ3) is 4.15. The summed E-state index contributed by atoms with van der Waals surface area (Å²) in [6.45, 7) is 2.14. The predicted octanol–water partition coefficient (Wildman–Crippen LogP) is 3.20. The van der Waals surface area contributed by atoms with Crippen molar-refractivity contribution >= 4 is 5.78 Å². The summed E-state index contributed by atoms with van der Waals surface area (Å²) >= 11 is 0. The van der Waals surface area contributed by atoms with Gasteiger partial charge in [0.2, 0.25) is 0 Å². The maximum Gasteiger partial charge on any atom is 0.191 e. The molecule has 0 radical (unpaired) electrons. The minimum atomic E-state index is -0.834. The average Bonchev–Trinajstić information content (AvgIpc) is 2.34. The Morgan fingerprint density at radius 2 is 1.88 bits per heavy atom. The van der Waals surface area contributed by atoms with Gasteiger partial charge in [-0.25, -0.2) is 0 Å². The Labute approximate surface area is 97.3 Å². The molecule has 16 heavy (non-hydrogen) atoms. The highest BCUT2D eigenvalue weighted by molar-refractivity contribution is 5.99. The average molecular weight is 220 g/mol. The van der Waals surface area contributed by atoms with Gasteiger partial charge in [-0.15, -0.1) is 0 Å². The van der Waals surface area contributed by atoms with Crippen molar-refractivity contribution in [2.45, 2.75) is 45.1 Å². The number of hydrogen-bond acceptors (Lipinski definition) is 2. The predicted molar refractivity (Wildman–Crippen MR) is 65.5 cm³/mol. The summed E-state index contributed by atoms with van der Waals surface area (Å²) in [6.07, 6.45) is 4.10. The van der Waals surface area contributed by atoms with Gasteiger partial charge in [-0.1, -0.05) is 62.9 Å². The lowest BCUT2D eigenvalue weighted by Gasteiger charge is -2.09. The number of carbonyl (C=O) groups excluding carboxylic acids is 1. The topological polar surface area (TPSA) is 37.3 Å². The molecular weight excluding hydrogens is 200 g/mol. The minimum absolute atomic E-state index is 0.155. The number of unbranched alkanes of at least 4 members (excludes halogenated alkanes) is 3. The number of hydrogen-bond donors (Lipinski definition) is 1. The Morgan fingerprint density at radius 3 is 2.50 bits per heavy atom. The lowest BCUT2D eigenvalue weighted by atomic mass is 10.0. The molecule has 0 unspecified atom stereocenters. The van der Waals surface area contributed by atoms with Crippen LogP contribution in [-0.4, -0.2) is 17.0 Å². The third-order valence-corrected chi connectivity index (χ3v) is 2.69. The van der Waals surface area contributed by atoms with E-state index in [9.17, 15) is 9.90 Å². The Kier molecular flexibility index (Phi) is 5.79. The van der Waals surface area contributed by atoms with Crippen LogP contribution in [-0.2, 0) is 0 Å². The van der Waals surface area contributed by atoms with Crippen LogP contribution in [0.4, 0.5) is 0 Å². The molecule has 0 aliphatic heterocycles. The highest BCUT2D eigenvalue weighted by Gasteiger charge is 2.15. The summed E-state index contributed by atoms with van der Waals surface area (Å²) in [5.74, 6) is -0.155. The number of Topliss-reactive ketones (excluding diaryl/α,β-unsaturated/α-hetero) is 1. The zero-order valence-electron chi connectivity index (χ0n) is 9.86. The summed E-state index contributed by atoms with van der Waals surface area (Å²) < 4.78 is 0. The van der Waals surface area contributed by atoms with Gasteiger partial charge in [-0.2, -0.15) is 0 Å². The van der Waals surface area contributed by atoms with E-state index in [0.29, 0.717) is 12.0 Å². The lowest BCUT2D eigenvalue weighted by molar-refractivity contribution is 0.0725. The first-order valence-corrected chi connectivity index (χ1v) is 6.03. The van der Waals surface area contributed by atoms with Crippen molar-refractivity contribution in [3.05, 3.63) is 35.9 Å². The van der Waals surface area contributed by atoms with Crippen LogP contribution in [0.3, 0.4) is 0 Å². The number of ketones is 1. The van der Waals surface area contributed by atoms with Crippen LogP contribution in [0.15, 0.2) is 30.3 Å². The largest absolute Gasteiger partial charge is 0.385 e. The lowest BCUT2D eigenvalue weighted by Crippen LogP contribution is -2.20. The van der Waals surface area contributed by atoms with Gasteiger partial charge >= 0.3 is 0 Å². The first kappa shape index (κ1) is 12.9. The number of carbonyl (C=O) groups is 1. The van der Waals surface area contributed by atoms with Crippen LogP contribution < -0.4 is 0 Å². The van der Waals surface area contributed by atoms with Crippen molar-refractivity contribution in [3.8, 4) is 0 Å². The van der Waals surface area contributed by atoms with Crippen molar-refractivity contribution in [1.82, 2.24) is 0 Å². The van der Waals surface area contributed by atoms with Crippen molar-refractivity contribution in [2.75, 3.05) is 0 Å². The van der Waals surface area contributed by atoms with Crippen molar-refractivity contribution in [2.24, 2.45) is 0 Å². The zero-order valence-corrected chi connectivity index (χ0v) is 9.86. The van der Waals surface area contributed by atoms with Gasteiger partial charge in [-0.3, -0.25) is 4.79 Å². The van der Waals surface area contributed by atoms with Gasteiger partial charge in [-0.05, 0) is 6.42 Å². The number of aliphatic hydroxyl groups is 1. The van der Waals surface area contributed by atoms with Gasteiger partial charge in [0, 0.05) is 5.56 Å². The van der Waals surface area contributed by atoms with Crippen LogP contribution in [0.5, 0.6) is 0 Å². The van der Waals surface area contributed by atoms with Crippen LogP contribution in [0.2, 0.25) is 0 Å². The normalized spacial score (nSPS) is 12.4. The second-order valence-corrected chi connectivity index (χ2v) is 4.10. The molecular formula is C14H20O2. The molecule has 0 heterocycles. The fraction of sp³-hybridized carbons (Fsp3) is 0.500. The molecule has 0 spiro atoms. The molecule has 0 saturated heterocycles. The highest BCUT2D eigenvalue weighted by atomic mass is 16.3. The number of aliphatic hydroxyl groups excluding tert-OH is 1. The van der Waals surface area contributed by atoms with Gasteiger partial charge < -0.3 is 5.11 Å². The van der Waals surface area contributed by atoms with Gasteiger partial charge in [0.1, 0.15) is 6.10 Å². The number of benzene rings is 1. The fourth-order valence-electron chi connectivity index (χ4n) is 1.69. The van der Waals surface area contributed by atoms with Crippen LogP contribution in [0.1, 0.15) is 49.4 Å². The summed E-state index contributed by atoms with van der Waals surface area (Å²) in [5.41, 5.74) is 0.602. The van der Waals surface area contributed by atoms with E-state index < -0.39 is 6.10 Å². The quantitative estimate of drug-likeness (QED) is 0.566. The maximum absolute atomic E-state index is 11.8. The van der Waals surface area contributed by atoms with Gasteiger partial charge in [0.05, 0.1) is 0 Å². The molecule has 1 atom stereocenters. The van der Waals surface area contributed by atoms with Crippen molar-refractivity contribution in [1.29, 1.82) is 0 Å². The fourth-order valence-corrected chi connectivity index (χ4v) is 1.69. The Morgan fingerprint density at radius 1 is 1.19 bits per heavy atom. The standard InChI is InChI=1S/C14H20O2/c1-2-3-4-8-11-13(15)14(16)12-9-6-5-7-10-12/h5-7,9-10,13,15H,2-4,8,11H2,1H3/t13-/m1/s1. The Hall–Kier alpha value is -1.15. The highest BCUT2D eigenvalue weighted by Crippen LogP contribution is 2.10. The molecule has 1 N–H and O–H groups in total. The van der Waals surface area contributed by atoms with E-state index in [0.717, 1.165) is 12.8 Å². The summed E-state index contributed by atoms with van der Waals surface area (Å²) in [6, 6.07) is 8.99. The van der Waals surface area contributed by atoms with E-state index in [1.165, 1.54) is 12.8 Å². The maximum atomic E-state index is 11.8. The summed E-state index contributed by atoms with van der Waals surface area (Å²) in [7, 11) is 0. The van der Waals surface area contributed by atoms with E-state index in [-0.39, 0.29) is 5.78 Å². The van der Waals surface area contributed by atoms with Gasteiger partial charge in [0.25, 0.3) is 0 Å². The van der Waals surface area contributed by atoms with Crippen LogP contribution in [0.25, 0.3) is 0 Å². The molecule has 0 bridgehead atoms. The van der Waals surface area contributed by atoms with E-state index in [1.807, 2.05) is 18.2 Å². The van der Waals surface area contributed by atoms with E-state index in [2.05, 4.69) is 6.92 Å². The van der Waals surface area contributed by atoms with Crippen molar-refractivity contribution in [3.63, 3.8) is 0 Å². The summed E-state index contributed by atoms with van der Waals surface area (Å²) in [5, 5.41) is 9.72. The second-order valence-electron chi connectivity index (χ2n) is 4.10. The van der Waals surface area contributed by atoms with E-state index in [4.69, 9.17) is 0 Å². The first-order chi connectivity index (χ1) is 7.75. The Balaban J connectivity index is 2.37. The molecule has 0 amide bonds. The minimum Gasteiger partial charge on any atom is -0.385 e. The van der Waals surface area contributed by atoms with Crippen molar-refractivity contribution < 1.29 is 9.90 Å². The molecule has 0 saturated carbocycles. The molecule has 0 aliphatic carbocycles. The van der Waals surface area contributed by atoms with Crippen LogP contribution >= 0.6 is 0 Å². The molecule has 88 valence electrons. The molecule has 1 aromatic rings. The third-order valence-electron chi connectivity index (χ3n) is 2.69. The zero-order chi connectivity index (χ0) is 11.8. The smallest absolute Gasteiger partial charge is 0.191 e. The molecule has 0 aromatic heterocycles. The number of rotatable bonds is 7. The second kappa shape index (κ2) is 7.18. The summed E-state index contributed by atoms with van der Waals surface area (Å²) in [4.78, 5) is 11.8. The molecule has 0 fully saturated rings. The van der Waals surface area contributed by atoms with Crippen LogP contribution in [0, 0.1) is 0 Å². The molecule has 1 rings (SSSR count). The molecule has 2 heteroatoms. The monoisotopic (exact) mass is 220 g/mol. The first-order valence-electron chi connectivity index (χ1n) is 6.03. The van der Waals surface area contributed by atoms with Gasteiger partial charge in [0.15, 0.2) is 5.78 Å². The SMILES string of the molecule is CCCCCC[C@@H](O)C(=O)c1ccccc1. The van der Waals surface area contributed by atoms with E-state index >= 15 is 0 Å². The molecule has 2 nitrogen and oxygen atoms in total. The molecule has 1 aromatic carbocycles. The Bertz CT molecular complexity index is 306. The van der Waals surface area contributed by atoms with E-state index in [1.54, 1.807) is 12.1 Å².